The van der Waals surface area contributed by atoms with E-state index in [1.165, 1.54) is 6.07 Å². The van der Waals surface area contributed by atoms with Crippen LogP contribution in [0.25, 0.3) is 0 Å². The minimum Gasteiger partial charge on any atom is -0.454 e. The second kappa shape index (κ2) is 7.59. The maximum Gasteiger partial charge on any atom is 0.338 e. The van der Waals surface area contributed by atoms with Crippen LogP contribution >= 0.6 is 11.6 Å². The van der Waals surface area contributed by atoms with E-state index in [-0.39, 0.29) is 24.3 Å². The third-order valence-corrected chi connectivity index (χ3v) is 3.36. The van der Waals surface area contributed by atoms with Gasteiger partial charge in [-0.25, -0.2) is 4.79 Å². The summed E-state index contributed by atoms with van der Waals surface area (Å²) in [5.74, 6) is 0.00935. The van der Waals surface area contributed by atoms with Crippen LogP contribution in [-0.4, -0.2) is 20.9 Å². The second-order valence-corrected chi connectivity index (χ2v) is 5.45. The summed E-state index contributed by atoms with van der Waals surface area (Å²) in [5.41, 5.74) is 6.84. The Bertz CT molecular complexity index is 889. The van der Waals surface area contributed by atoms with Crippen LogP contribution in [0.15, 0.2) is 54.6 Å². The molecule has 3 N–H and O–H groups in total. The molecule has 0 spiro atoms. The van der Waals surface area contributed by atoms with Gasteiger partial charge < -0.3 is 15.8 Å². The van der Waals surface area contributed by atoms with E-state index in [0.717, 1.165) is 5.69 Å². The number of para-hydroxylation sites is 1. The summed E-state index contributed by atoms with van der Waals surface area (Å²) < 4.78 is 5.20. The number of hydrogen-bond acceptors (Lipinski definition) is 7. The lowest BCUT2D eigenvalue weighted by Crippen LogP contribution is -2.11. The zero-order valence-corrected chi connectivity index (χ0v) is 13.8. The van der Waals surface area contributed by atoms with Gasteiger partial charge in [0.25, 0.3) is 0 Å². The van der Waals surface area contributed by atoms with Crippen LogP contribution in [-0.2, 0) is 11.3 Å². The predicted octanol–water partition coefficient (Wildman–Crippen LogP) is 3.21. The zero-order valence-electron chi connectivity index (χ0n) is 13.0. The lowest BCUT2D eigenvalue weighted by atomic mass is 10.2. The van der Waals surface area contributed by atoms with Crippen molar-refractivity contribution >= 4 is 35.2 Å². The lowest BCUT2D eigenvalue weighted by Gasteiger charge is -2.08. The Morgan fingerprint density at radius 3 is 2.64 bits per heavy atom. The fourth-order valence-electron chi connectivity index (χ4n) is 2.04. The van der Waals surface area contributed by atoms with Crippen LogP contribution < -0.4 is 11.1 Å². The fraction of sp³-hybridized carbons (Fsp3) is 0.0588. The summed E-state index contributed by atoms with van der Waals surface area (Å²) in [5, 5.41) is 3.46. The summed E-state index contributed by atoms with van der Waals surface area (Å²) in [6.45, 7) is -0.137. The average molecular weight is 356 g/mol. The molecule has 3 aromatic rings. The number of nitrogens with zero attached hydrogens (tertiary/aromatic N) is 3. The number of carbonyl (C=O) groups is 1. The molecule has 1 heterocycles. The highest BCUT2D eigenvalue weighted by atomic mass is 35.5. The number of benzene rings is 2. The molecular formula is C17H14ClN5O2. The van der Waals surface area contributed by atoms with Crippen molar-refractivity contribution in [3.05, 3.63) is 71.0 Å². The van der Waals surface area contributed by atoms with Gasteiger partial charge in [0, 0.05) is 10.7 Å². The van der Waals surface area contributed by atoms with Crippen molar-refractivity contribution in [1.82, 2.24) is 15.0 Å². The van der Waals surface area contributed by atoms with Gasteiger partial charge in [0.1, 0.15) is 0 Å². The quantitative estimate of drug-likeness (QED) is 0.677. The van der Waals surface area contributed by atoms with Gasteiger partial charge in [-0.05, 0) is 30.3 Å². The summed E-state index contributed by atoms with van der Waals surface area (Å²) >= 11 is 5.86. The molecule has 0 aliphatic rings. The first kappa shape index (κ1) is 16.7. The number of nitrogens with one attached hydrogen (secondary N) is 1. The topological polar surface area (TPSA) is 103 Å². The molecule has 0 bridgehead atoms. The van der Waals surface area contributed by atoms with Gasteiger partial charge in [-0.15, -0.1) is 0 Å². The Hall–Kier alpha value is -3.19. The first-order valence-electron chi connectivity index (χ1n) is 7.35. The van der Waals surface area contributed by atoms with E-state index in [1.807, 2.05) is 30.3 Å². The minimum absolute atomic E-state index is 0.0298. The third kappa shape index (κ3) is 4.65. The highest BCUT2D eigenvalue weighted by Gasteiger charge is 2.11. The fourth-order valence-corrected chi connectivity index (χ4v) is 2.23. The molecule has 3 rings (SSSR count). The molecule has 126 valence electrons. The van der Waals surface area contributed by atoms with Gasteiger partial charge in [0.05, 0.1) is 5.56 Å². The lowest BCUT2D eigenvalue weighted by molar-refractivity contribution is 0.0462. The van der Waals surface area contributed by atoms with Crippen molar-refractivity contribution < 1.29 is 9.53 Å². The summed E-state index contributed by atoms with van der Waals surface area (Å²) in [7, 11) is 0. The first-order valence-corrected chi connectivity index (χ1v) is 7.73. The number of ether oxygens (including phenoxy) is 1. The summed E-state index contributed by atoms with van der Waals surface area (Å²) in [4.78, 5) is 24.2. The summed E-state index contributed by atoms with van der Waals surface area (Å²) in [6, 6.07) is 15.8. The normalized spacial score (nSPS) is 10.3. The van der Waals surface area contributed by atoms with Crippen molar-refractivity contribution in [3.63, 3.8) is 0 Å². The zero-order chi connectivity index (χ0) is 17.6. The Kier molecular flexibility index (Phi) is 5.06. The molecule has 2 aromatic carbocycles. The van der Waals surface area contributed by atoms with Crippen LogP contribution in [0.4, 0.5) is 17.6 Å². The van der Waals surface area contributed by atoms with Crippen LogP contribution in [0, 0.1) is 0 Å². The highest BCUT2D eigenvalue weighted by Crippen LogP contribution is 2.14. The number of hydrogen-bond donors (Lipinski definition) is 2. The number of aromatic nitrogens is 3. The van der Waals surface area contributed by atoms with E-state index in [9.17, 15) is 4.79 Å². The van der Waals surface area contributed by atoms with Gasteiger partial charge >= 0.3 is 5.97 Å². The number of anilines is 3. The van der Waals surface area contributed by atoms with Crippen molar-refractivity contribution in [3.8, 4) is 0 Å². The van der Waals surface area contributed by atoms with Crippen molar-refractivity contribution in [2.75, 3.05) is 11.1 Å². The number of esters is 1. The molecule has 0 unspecified atom stereocenters. The minimum atomic E-state index is -0.529. The summed E-state index contributed by atoms with van der Waals surface area (Å²) in [6.07, 6.45) is 0. The van der Waals surface area contributed by atoms with Crippen LogP contribution in [0.2, 0.25) is 5.02 Å². The van der Waals surface area contributed by atoms with Crippen LogP contribution in [0.1, 0.15) is 16.2 Å². The molecule has 0 atom stereocenters. The maximum atomic E-state index is 12.0. The van der Waals surface area contributed by atoms with Gasteiger partial charge in [0.2, 0.25) is 11.9 Å². The molecular weight excluding hydrogens is 342 g/mol. The standard InChI is InChI=1S/C17H14ClN5O2/c18-12-6-4-5-11(9-12)15(24)25-10-14-21-16(19)23-17(22-14)20-13-7-2-1-3-8-13/h1-9H,10H2,(H3,19,20,21,22,23). The number of rotatable bonds is 5. The van der Waals surface area contributed by atoms with Gasteiger partial charge in [0.15, 0.2) is 12.4 Å². The van der Waals surface area contributed by atoms with Crippen molar-refractivity contribution in [2.24, 2.45) is 0 Å². The Balaban J connectivity index is 1.69. The monoisotopic (exact) mass is 355 g/mol. The number of nitrogen functional groups attached to an aromatic ring is 1. The number of carbonyl (C=O) groups excluding carboxylic acids is 1. The first-order chi connectivity index (χ1) is 12.1. The second-order valence-electron chi connectivity index (χ2n) is 5.01. The molecule has 0 aliphatic heterocycles. The van der Waals surface area contributed by atoms with E-state index in [4.69, 9.17) is 22.1 Å². The number of nitrogens with two attached hydrogens (primary N) is 1. The SMILES string of the molecule is Nc1nc(COC(=O)c2cccc(Cl)c2)nc(Nc2ccccc2)n1. The smallest absolute Gasteiger partial charge is 0.338 e. The average Bonchev–Trinajstić information content (AvgIpc) is 2.60. The van der Waals surface area contributed by atoms with E-state index in [0.29, 0.717) is 10.6 Å². The largest absolute Gasteiger partial charge is 0.454 e. The molecule has 25 heavy (non-hydrogen) atoms. The molecule has 0 radical (unpaired) electrons. The van der Waals surface area contributed by atoms with E-state index in [1.54, 1.807) is 18.2 Å². The van der Waals surface area contributed by atoms with E-state index in [2.05, 4.69) is 20.3 Å². The third-order valence-electron chi connectivity index (χ3n) is 3.12. The maximum absolute atomic E-state index is 12.0. The molecule has 0 amide bonds. The molecule has 8 heteroatoms. The van der Waals surface area contributed by atoms with Crippen LogP contribution in [0.5, 0.6) is 0 Å². The van der Waals surface area contributed by atoms with Crippen LogP contribution in [0.3, 0.4) is 0 Å². The molecule has 0 saturated carbocycles. The molecule has 7 nitrogen and oxygen atoms in total. The Labute approximate surface area is 148 Å². The van der Waals surface area contributed by atoms with Gasteiger partial charge in [-0.1, -0.05) is 35.9 Å². The van der Waals surface area contributed by atoms with Gasteiger partial charge in [-0.2, -0.15) is 15.0 Å². The predicted molar refractivity (Wildman–Crippen MR) is 94.5 cm³/mol. The molecule has 0 saturated heterocycles. The van der Waals surface area contributed by atoms with E-state index >= 15 is 0 Å². The van der Waals surface area contributed by atoms with Crippen molar-refractivity contribution in [2.45, 2.75) is 6.61 Å². The molecule has 0 fully saturated rings. The number of halogens is 1. The highest BCUT2D eigenvalue weighted by molar-refractivity contribution is 6.30. The Morgan fingerprint density at radius 1 is 1.08 bits per heavy atom. The molecule has 0 aliphatic carbocycles. The Morgan fingerprint density at radius 2 is 1.88 bits per heavy atom. The van der Waals surface area contributed by atoms with E-state index < -0.39 is 5.97 Å². The van der Waals surface area contributed by atoms with Gasteiger partial charge in [-0.3, -0.25) is 0 Å². The van der Waals surface area contributed by atoms with Crippen molar-refractivity contribution in [1.29, 1.82) is 0 Å². The molecule has 1 aromatic heterocycles.